The molecule has 2 aliphatic heterocycles. The van der Waals surface area contributed by atoms with Crippen LogP contribution in [0.1, 0.15) is 25.7 Å². The Kier molecular flexibility index (Phi) is 4.44. The van der Waals surface area contributed by atoms with E-state index in [1.165, 1.54) is 5.01 Å². The number of hydrogen-bond acceptors (Lipinski definition) is 4. The number of aromatic nitrogens is 2. The molecule has 0 atom stereocenters. The predicted molar refractivity (Wildman–Crippen MR) is 98.5 cm³/mol. The molecule has 0 aliphatic carbocycles. The van der Waals surface area contributed by atoms with Gasteiger partial charge in [0.15, 0.2) is 0 Å². The Morgan fingerprint density at radius 1 is 1.19 bits per heavy atom. The van der Waals surface area contributed by atoms with E-state index in [4.69, 9.17) is 0 Å². The number of carbonyl (C=O) groups is 2. The largest absolute Gasteiger partial charge is 0.338 e. The van der Waals surface area contributed by atoms with Gasteiger partial charge in [0.2, 0.25) is 5.91 Å². The summed E-state index contributed by atoms with van der Waals surface area (Å²) in [7, 11) is 1.61. The molecule has 0 spiro atoms. The van der Waals surface area contributed by atoms with E-state index in [1.807, 2.05) is 29.4 Å². The van der Waals surface area contributed by atoms with Gasteiger partial charge in [0.05, 0.1) is 17.4 Å². The van der Waals surface area contributed by atoms with E-state index in [-0.39, 0.29) is 11.8 Å². The number of nitrogens with zero attached hydrogens (tertiary/aromatic N) is 5. The summed E-state index contributed by atoms with van der Waals surface area (Å²) in [6.45, 7) is 2.42. The molecule has 0 bridgehead atoms. The second kappa shape index (κ2) is 6.90. The normalized spacial score (nSPS) is 19.1. The van der Waals surface area contributed by atoms with E-state index in [0.717, 1.165) is 43.5 Å². The van der Waals surface area contributed by atoms with Gasteiger partial charge in [-0.2, -0.15) is 5.10 Å². The third-order valence-electron chi connectivity index (χ3n) is 5.34. The molecule has 1 aromatic heterocycles. The minimum absolute atomic E-state index is 0.0177. The number of hydrogen-bond donors (Lipinski definition) is 0. The van der Waals surface area contributed by atoms with Gasteiger partial charge in [-0.15, -0.1) is 0 Å². The zero-order valence-corrected chi connectivity index (χ0v) is 15.0. The summed E-state index contributed by atoms with van der Waals surface area (Å²) in [4.78, 5) is 30.5. The second-order valence-electron chi connectivity index (χ2n) is 7.09. The Hall–Kier alpha value is -2.70. The van der Waals surface area contributed by atoms with Crippen molar-refractivity contribution in [2.75, 3.05) is 20.1 Å². The topological polar surface area (TPSA) is 70.8 Å². The molecule has 7 nitrogen and oxygen atoms in total. The number of rotatable bonds is 3. The lowest BCUT2D eigenvalue weighted by molar-refractivity contribution is -0.130. The number of piperidine rings is 1. The SMILES string of the molecule is CN1N=C(C(=O)N2CCC(Cn3cnc4ccccc43)CC2)CCC1=O. The van der Waals surface area contributed by atoms with Gasteiger partial charge >= 0.3 is 0 Å². The number of imidazole rings is 1. The Labute approximate surface area is 152 Å². The highest BCUT2D eigenvalue weighted by Crippen LogP contribution is 2.22. The summed E-state index contributed by atoms with van der Waals surface area (Å²) < 4.78 is 2.21. The van der Waals surface area contributed by atoms with E-state index in [2.05, 4.69) is 20.7 Å². The van der Waals surface area contributed by atoms with Crippen LogP contribution in [0, 0.1) is 5.92 Å². The molecule has 2 amide bonds. The van der Waals surface area contributed by atoms with Crippen molar-refractivity contribution in [1.82, 2.24) is 19.5 Å². The molecule has 0 unspecified atom stereocenters. The lowest BCUT2D eigenvalue weighted by Gasteiger charge is -2.33. The molecule has 1 aromatic carbocycles. The zero-order valence-electron chi connectivity index (χ0n) is 15.0. The van der Waals surface area contributed by atoms with E-state index < -0.39 is 0 Å². The van der Waals surface area contributed by atoms with Gasteiger partial charge in [0.1, 0.15) is 5.71 Å². The van der Waals surface area contributed by atoms with Crippen LogP contribution in [0.5, 0.6) is 0 Å². The molecule has 3 heterocycles. The lowest BCUT2D eigenvalue weighted by Crippen LogP contribution is -2.44. The van der Waals surface area contributed by atoms with Crippen LogP contribution in [0.2, 0.25) is 0 Å². The summed E-state index contributed by atoms with van der Waals surface area (Å²) >= 11 is 0. The van der Waals surface area contributed by atoms with Crippen molar-refractivity contribution >= 4 is 28.6 Å². The third kappa shape index (κ3) is 3.21. The standard InChI is InChI=1S/C19H23N5O2/c1-22-18(25)7-6-16(21-22)19(26)23-10-8-14(9-11-23)12-24-13-20-15-4-2-3-5-17(15)24/h2-5,13-14H,6-12H2,1H3. The Morgan fingerprint density at radius 3 is 2.73 bits per heavy atom. The molecule has 1 saturated heterocycles. The van der Waals surface area contributed by atoms with Crippen LogP contribution >= 0.6 is 0 Å². The van der Waals surface area contributed by atoms with Crippen LogP contribution in [-0.2, 0) is 16.1 Å². The van der Waals surface area contributed by atoms with Gasteiger partial charge in [-0.1, -0.05) is 12.1 Å². The van der Waals surface area contributed by atoms with Crippen molar-refractivity contribution in [1.29, 1.82) is 0 Å². The van der Waals surface area contributed by atoms with Crippen molar-refractivity contribution in [2.45, 2.75) is 32.2 Å². The van der Waals surface area contributed by atoms with Crippen LogP contribution in [0.25, 0.3) is 11.0 Å². The summed E-state index contributed by atoms with van der Waals surface area (Å²) in [5.41, 5.74) is 2.69. The Morgan fingerprint density at radius 2 is 1.96 bits per heavy atom. The molecular formula is C19H23N5O2. The summed E-state index contributed by atoms with van der Waals surface area (Å²) in [5.74, 6) is 0.484. The highest BCUT2D eigenvalue weighted by atomic mass is 16.2. The molecular weight excluding hydrogens is 330 g/mol. The number of benzene rings is 1. The van der Waals surface area contributed by atoms with Gasteiger partial charge < -0.3 is 9.47 Å². The molecule has 26 heavy (non-hydrogen) atoms. The first-order chi connectivity index (χ1) is 12.6. The monoisotopic (exact) mass is 353 g/mol. The number of hydrazone groups is 1. The first kappa shape index (κ1) is 16.8. The fraction of sp³-hybridized carbons (Fsp3) is 0.474. The van der Waals surface area contributed by atoms with E-state index in [9.17, 15) is 9.59 Å². The predicted octanol–water partition coefficient (Wildman–Crippen LogP) is 1.88. The number of para-hydroxylation sites is 2. The van der Waals surface area contributed by atoms with Crippen LogP contribution in [0.4, 0.5) is 0 Å². The molecule has 2 aliphatic rings. The number of amides is 2. The first-order valence-corrected chi connectivity index (χ1v) is 9.15. The van der Waals surface area contributed by atoms with Crippen molar-refractivity contribution in [2.24, 2.45) is 11.0 Å². The van der Waals surface area contributed by atoms with Crippen molar-refractivity contribution in [3.63, 3.8) is 0 Å². The van der Waals surface area contributed by atoms with E-state index in [1.54, 1.807) is 7.05 Å². The third-order valence-corrected chi connectivity index (χ3v) is 5.34. The molecule has 4 rings (SSSR count). The van der Waals surface area contributed by atoms with Gasteiger partial charge in [0, 0.05) is 39.5 Å². The molecule has 2 aromatic rings. The Balaban J connectivity index is 1.36. The van der Waals surface area contributed by atoms with Crippen LogP contribution in [0.15, 0.2) is 35.7 Å². The maximum atomic E-state index is 12.6. The molecule has 0 saturated carbocycles. The van der Waals surface area contributed by atoms with Crippen LogP contribution in [-0.4, -0.2) is 57.1 Å². The fourth-order valence-electron chi connectivity index (χ4n) is 3.76. The van der Waals surface area contributed by atoms with E-state index >= 15 is 0 Å². The molecule has 136 valence electrons. The Bertz CT molecular complexity index is 864. The van der Waals surface area contributed by atoms with Gasteiger partial charge in [-0.25, -0.2) is 9.99 Å². The van der Waals surface area contributed by atoms with Crippen molar-refractivity contribution in [3.05, 3.63) is 30.6 Å². The number of fused-ring (bicyclic) bond motifs is 1. The lowest BCUT2D eigenvalue weighted by atomic mass is 9.96. The molecule has 0 N–H and O–H groups in total. The minimum Gasteiger partial charge on any atom is -0.338 e. The fourth-order valence-corrected chi connectivity index (χ4v) is 3.76. The van der Waals surface area contributed by atoms with Crippen molar-refractivity contribution < 1.29 is 9.59 Å². The maximum absolute atomic E-state index is 12.6. The highest BCUT2D eigenvalue weighted by molar-refractivity contribution is 6.39. The average molecular weight is 353 g/mol. The van der Waals surface area contributed by atoms with E-state index in [0.29, 0.717) is 24.5 Å². The highest BCUT2D eigenvalue weighted by Gasteiger charge is 2.29. The van der Waals surface area contributed by atoms with Crippen molar-refractivity contribution in [3.8, 4) is 0 Å². The first-order valence-electron chi connectivity index (χ1n) is 9.15. The average Bonchev–Trinajstić information content (AvgIpc) is 3.07. The smallest absolute Gasteiger partial charge is 0.270 e. The molecule has 0 radical (unpaired) electrons. The van der Waals surface area contributed by atoms with Gasteiger partial charge in [-0.05, 0) is 30.9 Å². The van der Waals surface area contributed by atoms with Crippen LogP contribution in [0.3, 0.4) is 0 Å². The summed E-state index contributed by atoms with van der Waals surface area (Å²) in [6, 6.07) is 8.16. The van der Waals surface area contributed by atoms with Crippen LogP contribution < -0.4 is 0 Å². The number of likely N-dealkylation sites (tertiary alicyclic amines) is 1. The molecule has 1 fully saturated rings. The quantitative estimate of drug-likeness (QED) is 0.846. The van der Waals surface area contributed by atoms with Gasteiger partial charge in [0.25, 0.3) is 5.91 Å². The second-order valence-corrected chi connectivity index (χ2v) is 7.09. The van der Waals surface area contributed by atoms with Gasteiger partial charge in [-0.3, -0.25) is 9.59 Å². The molecule has 7 heteroatoms. The minimum atomic E-state index is -0.0344. The summed E-state index contributed by atoms with van der Waals surface area (Å²) in [6.07, 6.45) is 4.67. The summed E-state index contributed by atoms with van der Waals surface area (Å²) in [5, 5.41) is 5.43. The maximum Gasteiger partial charge on any atom is 0.270 e. The number of carbonyl (C=O) groups excluding carboxylic acids is 2. The zero-order chi connectivity index (χ0) is 18.1.